The third-order valence-corrected chi connectivity index (χ3v) is 4.12. The van der Waals surface area contributed by atoms with Crippen LogP contribution in [0.5, 0.6) is 11.5 Å². The predicted octanol–water partition coefficient (Wildman–Crippen LogP) is 4.86. The van der Waals surface area contributed by atoms with Crippen molar-refractivity contribution >= 4 is 11.8 Å². The molecule has 0 bridgehead atoms. The lowest BCUT2D eigenvalue weighted by Gasteiger charge is -2.19. The Morgan fingerprint density at radius 2 is 1.76 bits per heavy atom. The molecule has 21 heavy (non-hydrogen) atoms. The maximum absolute atomic E-state index is 9.39. The van der Waals surface area contributed by atoms with Crippen LogP contribution < -0.4 is 4.74 Å². The molecule has 112 valence electrons. The molecule has 0 atom stereocenters. The number of hydrogen-bond donors (Lipinski definition) is 1. The molecule has 0 heterocycles. The van der Waals surface area contributed by atoms with E-state index in [1.807, 2.05) is 24.3 Å². The number of rotatable bonds is 5. The van der Waals surface area contributed by atoms with E-state index in [-0.39, 0.29) is 5.41 Å². The molecule has 0 amide bonds. The second-order valence-corrected chi connectivity index (χ2v) is 7.14. The molecular weight excluding hydrogens is 280 g/mol. The van der Waals surface area contributed by atoms with Gasteiger partial charge >= 0.3 is 0 Å². The summed E-state index contributed by atoms with van der Waals surface area (Å²) in [7, 11) is 0. The number of ether oxygens (including phenoxy) is 1. The zero-order valence-corrected chi connectivity index (χ0v) is 13.6. The van der Waals surface area contributed by atoms with Crippen molar-refractivity contribution in [2.75, 3.05) is 12.4 Å². The maximum atomic E-state index is 9.39. The van der Waals surface area contributed by atoms with Gasteiger partial charge in [0.1, 0.15) is 11.5 Å². The number of thioether (sulfide) groups is 1. The van der Waals surface area contributed by atoms with Gasteiger partial charge in [-0.25, -0.2) is 0 Å². The van der Waals surface area contributed by atoms with Crippen molar-refractivity contribution < 1.29 is 9.84 Å². The SMILES string of the molecule is CC(C)(C)c1ccc(OCCSc2cccc(O)c2)cc1. The van der Waals surface area contributed by atoms with E-state index in [9.17, 15) is 5.11 Å². The Labute approximate surface area is 131 Å². The molecule has 0 radical (unpaired) electrons. The van der Waals surface area contributed by atoms with Crippen LogP contribution in [-0.4, -0.2) is 17.5 Å². The molecule has 0 unspecified atom stereocenters. The van der Waals surface area contributed by atoms with E-state index in [4.69, 9.17) is 4.74 Å². The molecule has 2 nitrogen and oxygen atoms in total. The first-order chi connectivity index (χ1) is 9.95. The maximum Gasteiger partial charge on any atom is 0.119 e. The van der Waals surface area contributed by atoms with Crippen LogP contribution in [-0.2, 0) is 5.41 Å². The zero-order chi connectivity index (χ0) is 15.3. The lowest BCUT2D eigenvalue weighted by Crippen LogP contribution is -2.10. The van der Waals surface area contributed by atoms with Crippen molar-refractivity contribution in [3.8, 4) is 11.5 Å². The van der Waals surface area contributed by atoms with Crippen molar-refractivity contribution in [2.24, 2.45) is 0 Å². The minimum Gasteiger partial charge on any atom is -0.508 e. The van der Waals surface area contributed by atoms with Gasteiger partial charge in [0.25, 0.3) is 0 Å². The minimum absolute atomic E-state index is 0.170. The summed E-state index contributed by atoms with van der Waals surface area (Å²) in [5, 5.41) is 9.39. The first-order valence-electron chi connectivity index (χ1n) is 7.10. The van der Waals surface area contributed by atoms with Gasteiger partial charge in [-0.1, -0.05) is 39.0 Å². The van der Waals surface area contributed by atoms with Crippen LogP contribution in [0.1, 0.15) is 26.3 Å². The second kappa shape index (κ2) is 6.90. The van der Waals surface area contributed by atoms with Gasteiger partial charge in [0.2, 0.25) is 0 Å². The Hall–Kier alpha value is -1.61. The Morgan fingerprint density at radius 1 is 1.05 bits per heavy atom. The average Bonchev–Trinajstić information content (AvgIpc) is 2.43. The molecule has 0 spiro atoms. The molecule has 1 N–H and O–H groups in total. The van der Waals surface area contributed by atoms with Crippen LogP contribution in [0.25, 0.3) is 0 Å². The molecule has 0 saturated heterocycles. The van der Waals surface area contributed by atoms with E-state index < -0.39 is 0 Å². The standard InChI is InChI=1S/C18H22O2S/c1-18(2,3)14-7-9-16(10-8-14)20-11-12-21-17-6-4-5-15(19)13-17/h4-10,13,19H,11-12H2,1-3H3. The fourth-order valence-corrected chi connectivity index (χ4v) is 2.72. The van der Waals surface area contributed by atoms with Gasteiger partial charge < -0.3 is 9.84 Å². The number of phenolic OH excluding ortho intramolecular Hbond substituents is 1. The molecule has 3 heteroatoms. The van der Waals surface area contributed by atoms with E-state index in [1.165, 1.54) is 5.56 Å². The highest BCUT2D eigenvalue weighted by atomic mass is 32.2. The van der Waals surface area contributed by atoms with Gasteiger partial charge in [0, 0.05) is 10.6 Å². The van der Waals surface area contributed by atoms with Crippen LogP contribution >= 0.6 is 11.8 Å². The molecule has 0 saturated carbocycles. The van der Waals surface area contributed by atoms with E-state index in [0.29, 0.717) is 12.4 Å². The number of benzene rings is 2. The highest BCUT2D eigenvalue weighted by Crippen LogP contribution is 2.25. The molecule has 0 aliphatic rings. The summed E-state index contributed by atoms with van der Waals surface area (Å²) in [6.45, 7) is 7.26. The Bertz CT molecular complexity index is 571. The summed E-state index contributed by atoms with van der Waals surface area (Å²) in [6, 6.07) is 15.6. The smallest absolute Gasteiger partial charge is 0.119 e. The van der Waals surface area contributed by atoms with Gasteiger partial charge in [-0.3, -0.25) is 0 Å². The second-order valence-electron chi connectivity index (χ2n) is 5.97. The predicted molar refractivity (Wildman–Crippen MR) is 89.5 cm³/mol. The van der Waals surface area contributed by atoms with Gasteiger partial charge in [-0.05, 0) is 41.3 Å². The van der Waals surface area contributed by atoms with Crippen LogP contribution in [0, 0.1) is 0 Å². The Balaban J connectivity index is 1.79. The van der Waals surface area contributed by atoms with Crippen molar-refractivity contribution in [2.45, 2.75) is 31.1 Å². The van der Waals surface area contributed by atoms with E-state index in [1.54, 1.807) is 23.9 Å². The Kier molecular flexibility index (Phi) is 5.18. The summed E-state index contributed by atoms with van der Waals surface area (Å²) < 4.78 is 5.74. The average molecular weight is 302 g/mol. The van der Waals surface area contributed by atoms with Gasteiger partial charge in [0.15, 0.2) is 0 Å². The quantitative estimate of drug-likeness (QED) is 0.631. The molecule has 0 fully saturated rings. The fourth-order valence-electron chi connectivity index (χ4n) is 1.94. The summed E-state index contributed by atoms with van der Waals surface area (Å²) in [6.07, 6.45) is 0. The van der Waals surface area contributed by atoms with E-state index in [0.717, 1.165) is 16.4 Å². The minimum atomic E-state index is 0.170. The summed E-state index contributed by atoms with van der Waals surface area (Å²) >= 11 is 1.68. The third kappa shape index (κ3) is 5.01. The fraction of sp³-hybridized carbons (Fsp3) is 0.333. The number of hydrogen-bond acceptors (Lipinski definition) is 3. The van der Waals surface area contributed by atoms with Gasteiger partial charge in [-0.15, -0.1) is 11.8 Å². The van der Waals surface area contributed by atoms with Crippen molar-refractivity contribution in [1.82, 2.24) is 0 Å². The molecule has 0 aliphatic carbocycles. The molecule has 2 aromatic rings. The molecule has 2 rings (SSSR count). The molecule has 0 aromatic heterocycles. The molecular formula is C18H22O2S. The zero-order valence-electron chi connectivity index (χ0n) is 12.8. The van der Waals surface area contributed by atoms with Crippen LogP contribution in [0.3, 0.4) is 0 Å². The highest BCUT2D eigenvalue weighted by Gasteiger charge is 2.12. The van der Waals surface area contributed by atoms with Gasteiger partial charge in [-0.2, -0.15) is 0 Å². The van der Waals surface area contributed by atoms with Crippen molar-refractivity contribution in [1.29, 1.82) is 0 Å². The Morgan fingerprint density at radius 3 is 2.38 bits per heavy atom. The number of aromatic hydroxyl groups is 1. The van der Waals surface area contributed by atoms with Gasteiger partial charge in [0.05, 0.1) is 6.61 Å². The van der Waals surface area contributed by atoms with E-state index in [2.05, 4.69) is 32.9 Å². The number of phenols is 1. The monoisotopic (exact) mass is 302 g/mol. The van der Waals surface area contributed by atoms with Crippen LogP contribution in [0.2, 0.25) is 0 Å². The van der Waals surface area contributed by atoms with Crippen LogP contribution in [0.4, 0.5) is 0 Å². The lowest BCUT2D eigenvalue weighted by atomic mass is 9.87. The first-order valence-corrected chi connectivity index (χ1v) is 8.09. The largest absolute Gasteiger partial charge is 0.508 e. The lowest BCUT2D eigenvalue weighted by molar-refractivity contribution is 0.343. The van der Waals surface area contributed by atoms with Crippen molar-refractivity contribution in [3.05, 3.63) is 54.1 Å². The normalized spacial score (nSPS) is 11.4. The third-order valence-electron chi connectivity index (χ3n) is 3.16. The van der Waals surface area contributed by atoms with E-state index >= 15 is 0 Å². The van der Waals surface area contributed by atoms with Crippen LogP contribution in [0.15, 0.2) is 53.4 Å². The summed E-state index contributed by atoms with van der Waals surface area (Å²) in [5.41, 5.74) is 1.48. The first kappa shape index (κ1) is 15.8. The summed E-state index contributed by atoms with van der Waals surface area (Å²) in [5.74, 6) is 2.06. The highest BCUT2D eigenvalue weighted by molar-refractivity contribution is 7.99. The summed E-state index contributed by atoms with van der Waals surface area (Å²) in [4.78, 5) is 1.06. The molecule has 0 aliphatic heterocycles. The van der Waals surface area contributed by atoms with Crippen molar-refractivity contribution in [3.63, 3.8) is 0 Å². The topological polar surface area (TPSA) is 29.5 Å². The molecule has 2 aromatic carbocycles.